The summed E-state index contributed by atoms with van der Waals surface area (Å²) >= 11 is 0. The van der Waals surface area contributed by atoms with Crippen molar-refractivity contribution in [1.82, 2.24) is 15.5 Å². The quantitative estimate of drug-likeness (QED) is 0.746. The van der Waals surface area contributed by atoms with Crippen LogP contribution in [0.5, 0.6) is 0 Å². The first-order valence-corrected chi connectivity index (χ1v) is 7.23. The number of hydrogen-bond donors (Lipinski definition) is 2. The molecule has 0 radical (unpaired) electrons. The number of carbonyl (C=O) groups excluding carboxylic acids is 1. The maximum atomic E-state index is 11.8. The molecule has 1 amide bonds. The number of hydrogen-bond acceptors (Lipinski definition) is 3. The van der Waals surface area contributed by atoms with Crippen LogP contribution in [0.2, 0.25) is 0 Å². The van der Waals surface area contributed by atoms with Gasteiger partial charge in [0.1, 0.15) is 0 Å². The summed E-state index contributed by atoms with van der Waals surface area (Å²) < 4.78 is 0. The van der Waals surface area contributed by atoms with Crippen LogP contribution in [0, 0.1) is 11.8 Å². The van der Waals surface area contributed by atoms with E-state index in [0.717, 1.165) is 26.1 Å². The van der Waals surface area contributed by atoms with Gasteiger partial charge in [-0.1, -0.05) is 27.2 Å². The minimum Gasteiger partial charge on any atom is -0.355 e. The van der Waals surface area contributed by atoms with Crippen molar-refractivity contribution in [2.24, 2.45) is 11.8 Å². The van der Waals surface area contributed by atoms with Gasteiger partial charge >= 0.3 is 0 Å². The van der Waals surface area contributed by atoms with E-state index in [0.29, 0.717) is 24.4 Å². The number of likely N-dealkylation sites (tertiary alicyclic amines) is 1. The van der Waals surface area contributed by atoms with E-state index in [4.69, 9.17) is 0 Å². The van der Waals surface area contributed by atoms with E-state index < -0.39 is 0 Å². The molecule has 0 aromatic carbocycles. The number of amides is 1. The highest BCUT2D eigenvalue weighted by Crippen LogP contribution is 2.19. The summed E-state index contributed by atoms with van der Waals surface area (Å²) in [6.07, 6.45) is 2.32. The first-order valence-electron chi connectivity index (χ1n) is 7.23. The van der Waals surface area contributed by atoms with E-state index in [1.54, 1.807) is 0 Å². The van der Waals surface area contributed by atoms with E-state index >= 15 is 0 Å². The third-order valence-corrected chi connectivity index (χ3v) is 3.79. The minimum atomic E-state index is 0.168. The maximum absolute atomic E-state index is 11.8. The van der Waals surface area contributed by atoms with Gasteiger partial charge in [-0.3, -0.25) is 9.69 Å². The smallest absolute Gasteiger partial charge is 0.234 e. The average Bonchev–Trinajstić information content (AvgIpc) is 2.36. The van der Waals surface area contributed by atoms with Crippen molar-refractivity contribution in [3.05, 3.63) is 0 Å². The summed E-state index contributed by atoms with van der Waals surface area (Å²) in [6, 6.07) is 0.616. The van der Waals surface area contributed by atoms with Crippen LogP contribution in [-0.4, -0.2) is 50.1 Å². The van der Waals surface area contributed by atoms with Gasteiger partial charge in [0.15, 0.2) is 0 Å². The van der Waals surface area contributed by atoms with E-state index in [9.17, 15) is 4.79 Å². The van der Waals surface area contributed by atoms with Crippen molar-refractivity contribution in [1.29, 1.82) is 0 Å². The molecular formula is C14H29N3O. The number of rotatable bonds is 6. The first-order chi connectivity index (χ1) is 8.56. The van der Waals surface area contributed by atoms with Crippen molar-refractivity contribution in [3.63, 3.8) is 0 Å². The molecule has 0 spiro atoms. The maximum Gasteiger partial charge on any atom is 0.234 e. The Hall–Kier alpha value is -0.610. The highest BCUT2D eigenvalue weighted by molar-refractivity contribution is 5.78. The van der Waals surface area contributed by atoms with Gasteiger partial charge in [0, 0.05) is 25.7 Å². The molecule has 1 aliphatic rings. The Morgan fingerprint density at radius 3 is 2.72 bits per heavy atom. The largest absolute Gasteiger partial charge is 0.355 e. The Morgan fingerprint density at radius 1 is 1.44 bits per heavy atom. The van der Waals surface area contributed by atoms with E-state index in [1.807, 2.05) is 7.05 Å². The second kappa shape index (κ2) is 7.74. The van der Waals surface area contributed by atoms with Gasteiger partial charge in [-0.05, 0) is 25.3 Å². The summed E-state index contributed by atoms with van der Waals surface area (Å²) in [4.78, 5) is 14.1. The topological polar surface area (TPSA) is 44.4 Å². The van der Waals surface area contributed by atoms with Crippen molar-refractivity contribution < 1.29 is 4.79 Å². The van der Waals surface area contributed by atoms with Crippen molar-refractivity contribution in [3.8, 4) is 0 Å². The molecule has 0 aromatic rings. The zero-order chi connectivity index (χ0) is 13.5. The lowest BCUT2D eigenvalue weighted by atomic mass is 9.90. The fourth-order valence-corrected chi connectivity index (χ4v) is 2.62. The van der Waals surface area contributed by atoms with Crippen LogP contribution < -0.4 is 10.6 Å². The van der Waals surface area contributed by atoms with Crippen LogP contribution >= 0.6 is 0 Å². The molecule has 0 bridgehead atoms. The van der Waals surface area contributed by atoms with Crippen LogP contribution in [0.1, 0.15) is 33.6 Å². The molecule has 0 aromatic heterocycles. The van der Waals surface area contributed by atoms with Crippen LogP contribution in [0.15, 0.2) is 0 Å². The summed E-state index contributed by atoms with van der Waals surface area (Å²) in [6.45, 7) is 9.87. The number of nitrogens with zero attached hydrogens (tertiary/aromatic N) is 1. The Bertz CT molecular complexity index is 255. The fourth-order valence-electron chi connectivity index (χ4n) is 2.62. The van der Waals surface area contributed by atoms with Gasteiger partial charge in [-0.25, -0.2) is 0 Å². The van der Waals surface area contributed by atoms with Gasteiger partial charge in [-0.15, -0.1) is 0 Å². The Morgan fingerprint density at radius 2 is 2.17 bits per heavy atom. The lowest BCUT2D eigenvalue weighted by Gasteiger charge is -2.37. The standard InChI is InChI=1S/C14H29N3O/c1-5-12-9-17(7-6-13(12)15-4)10-14(18)16-8-11(2)3/h11-13,15H,5-10H2,1-4H3,(H,16,18). The molecule has 0 saturated carbocycles. The normalized spacial score (nSPS) is 25.4. The molecule has 2 unspecified atom stereocenters. The van der Waals surface area contributed by atoms with Gasteiger partial charge < -0.3 is 10.6 Å². The van der Waals surface area contributed by atoms with Crippen LogP contribution in [0.25, 0.3) is 0 Å². The van der Waals surface area contributed by atoms with Crippen LogP contribution in [0.3, 0.4) is 0 Å². The second-order valence-corrected chi connectivity index (χ2v) is 5.79. The van der Waals surface area contributed by atoms with Crippen molar-refractivity contribution in [2.75, 3.05) is 33.2 Å². The lowest BCUT2D eigenvalue weighted by molar-refractivity contribution is -0.122. The third kappa shape index (κ3) is 4.94. The predicted octanol–water partition coefficient (Wildman–Crippen LogP) is 1.08. The molecular weight excluding hydrogens is 226 g/mol. The Labute approximate surface area is 111 Å². The van der Waals surface area contributed by atoms with Gasteiger partial charge in [0.2, 0.25) is 5.91 Å². The molecule has 1 heterocycles. The summed E-state index contributed by atoms with van der Waals surface area (Å²) in [5.41, 5.74) is 0. The number of carbonyl (C=O) groups is 1. The monoisotopic (exact) mass is 255 g/mol. The molecule has 1 fully saturated rings. The molecule has 0 aliphatic carbocycles. The average molecular weight is 255 g/mol. The molecule has 2 N–H and O–H groups in total. The predicted molar refractivity (Wildman–Crippen MR) is 75.5 cm³/mol. The SMILES string of the molecule is CCC1CN(CC(=O)NCC(C)C)CCC1NC. The van der Waals surface area contributed by atoms with Crippen molar-refractivity contribution >= 4 is 5.91 Å². The summed E-state index contributed by atoms with van der Waals surface area (Å²) in [5, 5.41) is 6.38. The Balaban J connectivity index is 2.33. The van der Waals surface area contributed by atoms with E-state index in [1.165, 1.54) is 6.42 Å². The highest BCUT2D eigenvalue weighted by atomic mass is 16.2. The number of piperidine rings is 1. The summed E-state index contributed by atoms with van der Waals surface area (Å²) in [7, 11) is 2.04. The van der Waals surface area contributed by atoms with Gasteiger partial charge in [0.25, 0.3) is 0 Å². The summed E-state index contributed by atoms with van der Waals surface area (Å²) in [5.74, 6) is 1.36. The minimum absolute atomic E-state index is 0.168. The first kappa shape index (κ1) is 15.4. The molecule has 1 saturated heterocycles. The molecule has 4 heteroatoms. The van der Waals surface area contributed by atoms with E-state index in [-0.39, 0.29) is 5.91 Å². The third-order valence-electron chi connectivity index (χ3n) is 3.79. The van der Waals surface area contributed by atoms with Crippen LogP contribution in [0.4, 0.5) is 0 Å². The zero-order valence-electron chi connectivity index (χ0n) is 12.3. The number of nitrogens with one attached hydrogen (secondary N) is 2. The molecule has 18 heavy (non-hydrogen) atoms. The lowest BCUT2D eigenvalue weighted by Crippen LogP contribution is -2.50. The Kier molecular flexibility index (Phi) is 6.65. The van der Waals surface area contributed by atoms with Gasteiger partial charge in [-0.2, -0.15) is 0 Å². The van der Waals surface area contributed by atoms with Crippen molar-refractivity contribution in [2.45, 2.75) is 39.7 Å². The second-order valence-electron chi connectivity index (χ2n) is 5.79. The van der Waals surface area contributed by atoms with Crippen LogP contribution in [-0.2, 0) is 4.79 Å². The van der Waals surface area contributed by atoms with E-state index in [2.05, 4.69) is 36.3 Å². The molecule has 2 atom stereocenters. The fraction of sp³-hybridized carbons (Fsp3) is 0.929. The van der Waals surface area contributed by atoms with Gasteiger partial charge in [0.05, 0.1) is 6.54 Å². The highest BCUT2D eigenvalue weighted by Gasteiger charge is 2.27. The molecule has 106 valence electrons. The molecule has 1 aliphatic heterocycles. The zero-order valence-corrected chi connectivity index (χ0v) is 12.3. The molecule has 1 rings (SSSR count). The molecule has 4 nitrogen and oxygen atoms in total.